The number of rotatable bonds is 1. The minimum atomic E-state index is -3.29. The van der Waals surface area contributed by atoms with Crippen LogP contribution in [-0.4, -0.2) is 18.4 Å². The normalized spacial score (nSPS) is 16.0. The van der Waals surface area contributed by atoms with E-state index in [-0.39, 0.29) is 38.2 Å². The maximum Gasteiger partial charge on any atom is 0.161 e. The number of hydrogen-bond donors (Lipinski definition) is 0. The van der Waals surface area contributed by atoms with Gasteiger partial charge in [-0.05, 0) is 28.1 Å². The average Bonchev–Trinajstić information content (AvgIpc) is 2.70. The van der Waals surface area contributed by atoms with E-state index < -0.39 is 21.5 Å². The van der Waals surface area contributed by atoms with Gasteiger partial charge in [-0.15, -0.1) is 0 Å². The Morgan fingerprint density at radius 3 is 2.38 bits per heavy atom. The lowest BCUT2D eigenvalue weighted by molar-refractivity contribution is 0.572. The van der Waals surface area contributed by atoms with Crippen molar-refractivity contribution in [1.82, 2.24) is 9.97 Å². The molecule has 1 aromatic heterocycles. The highest BCUT2D eigenvalue weighted by molar-refractivity contribution is 9.10. The van der Waals surface area contributed by atoms with Crippen molar-refractivity contribution in [1.29, 1.82) is 0 Å². The molecule has 21 heavy (non-hydrogen) atoms. The molecule has 1 aliphatic rings. The van der Waals surface area contributed by atoms with Crippen molar-refractivity contribution in [3.05, 3.63) is 44.7 Å². The molecule has 9 heteroatoms. The quantitative estimate of drug-likeness (QED) is 0.549. The maximum atomic E-state index is 13.6. The Bertz CT molecular complexity index is 851. The Hall–Kier alpha value is -1.12. The minimum absolute atomic E-state index is 0.0128. The fraction of sp³-hybridized carbons (Fsp3) is 0.167. The van der Waals surface area contributed by atoms with Gasteiger partial charge >= 0.3 is 0 Å². The van der Waals surface area contributed by atoms with E-state index in [1.54, 1.807) is 0 Å². The lowest BCUT2D eigenvalue weighted by Gasteiger charge is -2.06. The minimum Gasteiger partial charge on any atom is -0.232 e. The number of halogens is 4. The Kier molecular flexibility index (Phi) is 3.50. The third kappa shape index (κ3) is 2.67. The van der Waals surface area contributed by atoms with Gasteiger partial charge in [0.15, 0.2) is 15.7 Å². The summed E-state index contributed by atoms with van der Waals surface area (Å²) < 4.78 is 50.0. The molecule has 0 radical (unpaired) electrons. The van der Waals surface area contributed by atoms with Crippen LogP contribution in [0.5, 0.6) is 0 Å². The Morgan fingerprint density at radius 2 is 1.76 bits per heavy atom. The number of sulfone groups is 1. The molecule has 0 atom stereocenters. The zero-order valence-corrected chi connectivity index (χ0v) is 13.4. The molecular formula is C12H6BrClF2N2O2S. The monoisotopic (exact) mass is 394 g/mol. The molecule has 0 N–H and O–H groups in total. The van der Waals surface area contributed by atoms with Crippen LogP contribution >= 0.6 is 27.5 Å². The SMILES string of the molecule is O=S1(=O)Cc2nc(-c3cc(F)c(Br)c(F)c3)nc(Cl)c2C1. The second kappa shape index (κ2) is 4.96. The average molecular weight is 396 g/mol. The van der Waals surface area contributed by atoms with Crippen molar-refractivity contribution >= 4 is 37.4 Å². The molecule has 0 spiro atoms. The van der Waals surface area contributed by atoms with Crippen LogP contribution in [0.4, 0.5) is 8.78 Å². The number of fused-ring (bicyclic) bond motifs is 1. The molecule has 2 aromatic rings. The lowest BCUT2D eigenvalue weighted by atomic mass is 10.2. The summed E-state index contributed by atoms with van der Waals surface area (Å²) in [6.07, 6.45) is 0. The first kappa shape index (κ1) is 14.8. The van der Waals surface area contributed by atoms with Crippen LogP contribution in [-0.2, 0) is 21.3 Å². The standard InChI is InChI=1S/C12H6BrClF2N2O2S/c13-10-7(15)1-5(2-8(10)16)12-17-9-4-21(19,20)3-6(9)11(14)18-12/h1-2H,3-4H2. The van der Waals surface area contributed by atoms with Gasteiger partial charge in [0.25, 0.3) is 0 Å². The first-order chi connectivity index (χ1) is 9.77. The fourth-order valence-corrected chi connectivity index (χ4v) is 4.12. The summed E-state index contributed by atoms with van der Waals surface area (Å²) in [6.45, 7) is 0. The summed E-state index contributed by atoms with van der Waals surface area (Å²) in [5.41, 5.74) is 0.703. The van der Waals surface area contributed by atoms with Gasteiger partial charge in [0.1, 0.15) is 16.8 Å². The number of benzene rings is 1. The van der Waals surface area contributed by atoms with Crippen LogP contribution in [0.25, 0.3) is 11.4 Å². The van der Waals surface area contributed by atoms with Crippen LogP contribution in [0.2, 0.25) is 5.15 Å². The van der Waals surface area contributed by atoms with Gasteiger partial charge in [0.2, 0.25) is 0 Å². The summed E-state index contributed by atoms with van der Waals surface area (Å²) >= 11 is 8.72. The number of hydrogen-bond acceptors (Lipinski definition) is 4. The molecule has 0 amide bonds. The van der Waals surface area contributed by atoms with E-state index in [2.05, 4.69) is 25.9 Å². The van der Waals surface area contributed by atoms with Gasteiger partial charge in [0.05, 0.1) is 21.7 Å². The first-order valence-corrected chi connectivity index (χ1v) is 8.67. The van der Waals surface area contributed by atoms with Crippen LogP contribution in [0.3, 0.4) is 0 Å². The number of nitrogens with zero attached hydrogens (tertiary/aromatic N) is 2. The van der Waals surface area contributed by atoms with Crippen LogP contribution in [0.15, 0.2) is 16.6 Å². The molecule has 3 rings (SSSR count). The second-order valence-electron chi connectivity index (χ2n) is 4.55. The van der Waals surface area contributed by atoms with E-state index in [9.17, 15) is 17.2 Å². The largest absolute Gasteiger partial charge is 0.232 e. The van der Waals surface area contributed by atoms with Crippen molar-refractivity contribution in [2.24, 2.45) is 0 Å². The van der Waals surface area contributed by atoms with Gasteiger partial charge in [0, 0.05) is 11.1 Å². The van der Waals surface area contributed by atoms with E-state index in [0.29, 0.717) is 5.56 Å². The third-order valence-corrected chi connectivity index (χ3v) is 5.52. The first-order valence-electron chi connectivity index (χ1n) is 5.67. The predicted molar refractivity (Wildman–Crippen MR) is 76.4 cm³/mol. The summed E-state index contributed by atoms with van der Waals surface area (Å²) in [4.78, 5) is 8.00. The van der Waals surface area contributed by atoms with E-state index in [1.807, 2.05) is 0 Å². The second-order valence-corrected chi connectivity index (χ2v) is 7.76. The molecule has 0 unspecified atom stereocenters. The molecule has 0 bridgehead atoms. The summed E-state index contributed by atoms with van der Waals surface area (Å²) in [7, 11) is -3.29. The van der Waals surface area contributed by atoms with Crippen molar-refractivity contribution in [3.8, 4) is 11.4 Å². The summed E-state index contributed by atoms with van der Waals surface area (Å²) in [5, 5.41) is -0.0141. The maximum absolute atomic E-state index is 13.6. The van der Waals surface area contributed by atoms with Crippen LogP contribution in [0, 0.1) is 11.6 Å². The summed E-state index contributed by atoms with van der Waals surface area (Å²) in [6, 6.07) is 2.10. The van der Waals surface area contributed by atoms with Crippen molar-refractivity contribution in [2.75, 3.05) is 0 Å². The fourth-order valence-electron chi connectivity index (χ4n) is 2.06. The highest BCUT2D eigenvalue weighted by atomic mass is 79.9. The van der Waals surface area contributed by atoms with E-state index in [1.165, 1.54) is 0 Å². The molecule has 1 aliphatic heterocycles. The zero-order valence-electron chi connectivity index (χ0n) is 10.2. The van der Waals surface area contributed by atoms with Crippen molar-refractivity contribution < 1.29 is 17.2 Å². The van der Waals surface area contributed by atoms with Gasteiger partial charge < -0.3 is 0 Å². The van der Waals surface area contributed by atoms with Gasteiger partial charge in [-0.3, -0.25) is 0 Å². The molecule has 0 saturated heterocycles. The van der Waals surface area contributed by atoms with Crippen molar-refractivity contribution in [3.63, 3.8) is 0 Å². The smallest absolute Gasteiger partial charge is 0.161 e. The molecule has 110 valence electrons. The summed E-state index contributed by atoms with van der Waals surface area (Å²) in [5.74, 6) is -2.10. The molecule has 0 fully saturated rings. The van der Waals surface area contributed by atoms with Gasteiger partial charge in [-0.25, -0.2) is 27.2 Å². The third-order valence-electron chi connectivity index (χ3n) is 3.01. The Balaban J connectivity index is 2.16. The Labute approximate surface area is 132 Å². The zero-order chi connectivity index (χ0) is 15.4. The highest BCUT2D eigenvalue weighted by Gasteiger charge is 2.30. The van der Waals surface area contributed by atoms with E-state index >= 15 is 0 Å². The molecule has 4 nitrogen and oxygen atoms in total. The van der Waals surface area contributed by atoms with Crippen molar-refractivity contribution in [2.45, 2.75) is 11.5 Å². The molecule has 2 heterocycles. The van der Waals surface area contributed by atoms with Gasteiger partial charge in [-0.2, -0.15) is 0 Å². The molecule has 1 aromatic carbocycles. The highest BCUT2D eigenvalue weighted by Crippen LogP contribution is 2.32. The van der Waals surface area contributed by atoms with E-state index in [4.69, 9.17) is 11.6 Å². The molecular weight excluding hydrogens is 390 g/mol. The van der Waals surface area contributed by atoms with Gasteiger partial charge in [-0.1, -0.05) is 11.6 Å². The van der Waals surface area contributed by atoms with Crippen LogP contribution in [0.1, 0.15) is 11.3 Å². The molecule has 0 saturated carbocycles. The Morgan fingerprint density at radius 1 is 1.14 bits per heavy atom. The van der Waals surface area contributed by atoms with E-state index in [0.717, 1.165) is 12.1 Å². The predicted octanol–water partition coefficient (Wildman–Crippen LogP) is 3.27. The lowest BCUT2D eigenvalue weighted by Crippen LogP contribution is -1.99. The number of aromatic nitrogens is 2. The van der Waals surface area contributed by atoms with Crippen LogP contribution < -0.4 is 0 Å². The topological polar surface area (TPSA) is 59.9 Å². The molecule has 0 aliphatic carbocycles.